The standard InChI is InChI=1S/C15H11BrCl3N5O/c1-23-6-9(16)13(21-23)15(25)20-14-12(19)7-24(22-14)5-8-10(17)3-2-4-11(8)18/h2-4,6-7H,5H2,1H3,(H,20,22,25). The van der Waals surface area contributed by atoms with Gasteiger partial charge in [0.05, 0.1) is 11.0 Å². The maximum absolute atomic E-state index is 12.3. The van der Waals surface area contributed by atoms with E-state index >= 15 is 0 Å². The van der Waals surface area contributed by atoms with E-state index in [4.69, 9.17) is 34.8 Å². The molecule has 0 atom stereocenters. The van der Waals surface area contributed by atoms with Crippen LogP contribution in [0.2, 0.25) is 15.1 Å². The van der Waals surface area contributed by atoms with Gasteiger partial charge in [0.15, 0.2) is 11.5 Å². The van der Waals surface area contributed by atoms with Gasteiger partial charge in [0.25, 0.3) is 5.91 Å². The second-order valence-corrected chi connectivity index (χ2v) is 7.25. The summed E-state index contributed by atoms with van der Waals surface area (Å²) in [5.41, 5.74) is 0.956. The lowest BCUT2D eigenvalue weighted by molar-refractivity contribution is 0.102. The lowest BCUT2D eigenvalue weighted by Crippen LogP contribution is -2.14. The van der Waals surface area contributed by atoms with Gasteiger partial charge in [0.1, 0.15) is 5.02 Å². The number of nitrogens with zero attached hydrogens (tertiary/aromatic N) is 4. The molecule has 3 rings (SSSR count). The molecular weight excluding hydrogens is 452 g/mol. The van der Waals surface area contributed by atoms with Crippen LogP contribution in [0.25, 0.3) is 0 Å². The van der Waals surface area contributed by atoms with Crippen LogP contribution in [0.4, 0.5) is 5.82 Å². The summed E-state index contributed by atoms with van der Waals surface area (Å²) >= 11 is 21.8. The minimum absolute atomic E-state index is 0.229. The van der Waals surface area contributed by atoms with E-state index in [2.05, 4.69) is 31.4 Å². The number of amides is 1. The van der Waals surface area contributed by atoms with Crippen molar-refractivity contribution in [1.29, 1.82) is 0 Å². The van der Waals surface area contributed by atoms with E-state index in [1.54, 1.807) is 42.3 Å². The van der Waals surface area contributed by atoms with Crippen LogP contribution in [-0.4, -0.2) is 25.5 Å². The quantitative estimate of drug-likeness (QED) is 0.613. The van der Waals surface area contributed by atoms with E-state index in [1.807, 2.05) is 0 Å². The maximum Gasteiger partial charge on any atom is 0.278 e. The third-order valence-corrected chi connectivity index (χ3v) is 4.90. The molecule has 0 spiro atoms. The number of rotatable bonds is 4. The fourth-order valence-electron chi connectivity index (χ4n) is 2.19. The van der Waals surface area contributed by atoms with E-state index in [0.717, 1.165) is 5.56 Å². The Labute approximate surface area is 166 Å². The Balaban J connectivity index is 1.81. The van der Waals surface area contributed by atoms with Gasteiger partial charge in [0, 0.05) is 35.1 Å². The highest BCUT2D eigenvalue weighted by Gasteiger charge is 2.18. The summed E-state index contributed by atoms with van der Waals surface area (Å²) < 4.78 is 3.66. The molecule has 10 heteroatoms. The van der Waals surface area contributed by atoms with Crippen LogP contribution >= 0.6 is 50.7 Å². The van der Waals surface area contributed by atoms with Crippen molar-refractivity contribution in [2.45, 2.75) is 6.54 Å². The molecule has 3 aromatic rings. The van der Waals surface area contributed by atoms with Crippen molar-refractivity contribution in [2.75, 3.05) is 5.32 Å². The van der Waals surface area contributed by atoms with Gasteiger partial charge in [-0.15, -0.1) is 0 Å². The predicted octanol–water partition coefficient (Wildman–Crippen LogP) is 4.64. The van der Waals surface area contributed by atoms with Crippen molar-refractivity contribution in [3.63, 3.8) is 0 Å². The number of carbonyl (C=O) groups is 1. The molecule has 0 radical (unpaired) electrons. The van der Waals surface area contributed by atoms with Crippen molar-refractivity contribution in [2.24, 2.45) is 7.05 Å². The average Bonchev–Trinajstić information content (AvgIpc) is 3.05. The first-order valence-electron chi connectivity index (χ1n) is 7.01. The monoisotopic (exact) mass is 461 g/mol. The fraction of sp³-hybridized carbons (Fsp3) is 0.133. The molecule has 1 N–H and O–H groups in total. The zero-order valence-electron chi connectivity index (χ0n) is 12.8. The molecule has 2 heterocycles. The Bertz CT molecular complexity index is 933. The number of hydrogen-bond donors (Lipinski definition) is 1. The van der Waals surface area contributed by atoms with E-state index in [9.17, 15) is 4.79 Å². The fourth-order valence-corrected chi connectivity index (χ4v) is 3.46. The third-order valence-electron chi connectivity index (χ3n) is 3.33. The first-order valence-corrected chi connectivity index (χ1v) is 8.94. The molecule has 0 saturated heterocycles. The van der Waals surface area contributed by atoms with Crippen LogP contribution in [0.3, 0.4) is 0 Å². The smallest absolute Gasteiger partial charge is 0.278 e. The first kappa shape index (κ1) is 18.3. The number of anilines is 1. The van der Waals surface area contributed by atoms with Crippen molar-refractivity contribution in [3.8, 4) is 0 Å². The minimum Gasteiger partial charge on any atom is -0.302 e. The van der Waals surface area contributed by atoms with Crippen molar-refractivity contribution in [3.05, 3.63) is 61.4 Å². The highest BCUT2D eigenvalue weighted by Crippen LogP contribution is 2.27. The van der Waals surface area contributed by atoms with E-state index < -0.39 is 5.91 Å². The highest BCUT2D eigenvalue weighted by atomic mass is 79.9. The van der Waals surface area contributed by atoms with Crippen LogP contribution in [0.1, 0.15) is 16.1 Å². The number of aryl methyl sites for hydroxylation is 1. The number of hydrogen-bond acceptors (Lipinski definition) is 3. The molecule has 6 nitrogen and oxygen atoms in total. The number of halogens is 4. The maximum atomic E-state index is 12.3. The number of aromatic nitrogens is 4. The van der Waals surface area contributed by atoms with E-state index in [0.29, 0.717) is 26.1 Å². The van der Waals surface area contributed by atoms with Gasteiger partial charge in [0.2, 0.25) is 0 Å². The lowest BCUT2D eigenvalue weighted by atomic mass is 10.2. The van der Waals surface area contributed by atoms with Crippen LogP contribution < -0.4 is 5.32 Å². The zero-order chi connectivity index (χ0) is 18.1. The molecule has 0 aliphatic rings. The van der Waals surface area contributed by atoms with Crippen molar-refractivity contribution < 1.29 is 4.79 Å². The molecule has 130 valence electrons. The SMILES string of the molecule is Cn1cc(Br)c(C(=O)Nc2nn(Cc3c(Cl)cccc3Cl)cc2Cl)n1. The topological polar surface area (TPSA) is 64.7 Å². The summed E-state index contributed by atoms with van der Waals surface area (Å²) in [4.78, 5) is 12.3. The molecule has 0 saturated carbocycles. The van der Waals surface area contributed by atoms with Crippen LogP contribution in [-0.2, 0) is 13.6 Å². The summed E-state index contributed by atoms with van der Waals surface area (Å²) in [6.45, 7) is 0.321. The lowest BCUT2D eigenvalue weighted by Gasteiger charge is -2.06. The van der Waals surface area contributed by atoms with Crippen LogP contribution in [0, 0.1) is 0 Å². The summed E-state index contributed by atoms with van der Waals surface area (Å²) in [6.07, 6.45) is 3.26. The van der Waals surface area contributed by atoms with Gasteiger partial charge in [-0.3, -0.25) is 14.2 Å². The number of carbonyl (C=O) groups excluding carboxylic acids is 1. The molecule has 0 aliphatic heterocycles. The Morgan fingerprint density at radius 3 is 2.44 bits per heavy atom. The Morgan fingerprint density at radius 2 is 1.84 bits per heavy atom. The van der Waals surface area contributed by atoms with E-state index in [-0.39, 0.29) is 11.5 Å². The van der Waals surface area contributed by atoms with Gasteiger partial charge in [-0.05, 0) is 28.1 Å². The largest absolute Gasteiger partial charge is 0.302 e. The molecule has 1 aromatic carbocycles. The van der Waals surface area contributed by atoms with E-state index in [1.165, 1.54) is 4.68 Å². The molecule has 2 aromatic heterocycles. The average molecular weight is 464 g/mol. The molecule has 0 bridgehead atoms. The highest BCUT2D eigenvalue weighted by molar-refractivity contribution is 9.10. The normalized spacial score (nSPS) is 10.9. The van der Waals surface area contributed by atoms with Gasteiger partial charge in [-0.2, -0.15) is 10.2 Å². The van der Waals surface area contributed by atoms with Crippen molar-refractivity contribution >= 4 is 62.5 Å². The Hall–Kier alpha value is -1.54. The van der Waals surface area contributed by atoms with Gasteiger partial charge in [-0.1, -0.05) is 40.9 Å². The molecule has 0 unspecified atom stereocenters. The second kappa shape index (κ2) is 7.37. The Morgan fingerprint density at radius 1 is 1.16 bits per heavy atom. The Kier molecular flexibility index (Phi) is 5.38. The minimum atomic E-state index is -0.421. The zero-order valence-corrected chi connectivity index (χ0v) is 16.7. The van der Waals surface area contributed by atoms with Gasteiger partial charge < -0.3 is 5.32 Å². The van der Waals surface area contributed by atoms with Gasteiger partial charge >= 0.3 is 0 Å². The molecular formula is C15H11BrCl3N5O. The van der Waals surface area contributed by atoms with Crippen LogP contribution in [0.5, 0.6) is 0 Å². The number of benzene rings is 1. The molecule has 1 amide bonds. The summed E-state index contributed by atoms with van der Waals surface area (Å²) in [7, 11) is 1.72. The molecule has 25 heavy (non-hydrogen) atoms. The summed E-state index contributed by atoms with van der Waals surface area (Å²) in [5, 5.41) is 12.3. The van der Waals surface area contributed by atoms with Crippen molar-refractivity contribution in [1.82, 2.24) is 19.6 Å². The first-order chi connectivity index (χ1) is 11.8. The summed E-state index contributed by atoms with van der Waals surface area (Å²) in [5.74, 6) is -0.192. The number of nitrogens with one attached hydrogen (secondary N) is 1. The second-order valence-electron chi connectivity index (χ2n) is 5.18. The predicted molar refractivity (Wildman–Crippen MR) is 102 cm³/mol. The third kappa shape index (κ3) is 4.00. The molecule has 0 aliphatic carbocycles. The van der Waals surface area contributed by atoms with Crippen LogP contribution in [0.15, 0.2) is 35.1 Å². The molecule has 0 fully saturated rings. The van der Waals surface area contributed by atoms with Gasteiger partial charge in [-0.25, -0.2) is 0 Å². The summed E-state index contributed by atoms with van der Waals surface area (Å²) in [6, 6.07) is 5.25.